The first-order chi connectivity index (χ1) is 10.7. The molecule has 2 aromatic rings. The zero-order valence-corrected chi connectivity index (χ0v) is 16.8. The van der Waals surface area contributed by atoms with Crippen molar-refractivity contribution in [3.8, 4) is 0 Å². The van der Waals surface area contributed by atoms with E-state index in [1.165, 1.54) is 12.1 Å². The van der Waals surface area contributed by atoms with E-state index in [-0.39, 0.29) is 18.1 Å². The number of carbonyl (C=O) groups is 1. The number of hydrogen-bond donors (Lipinski definition) is 1. The lowest BCUT2D eigenvalue weighted by atomic mass is 10.3. The highest BCUT2D eigenvalue weighted by atomic mass is 79.9. The number of carbonyl (C=O) groups excluding carboxylic acids is 1. The summed E-state index contributed by atoms with van der Waals surface area (Å²) in [6, 6.07) is 2.67. The van der Waals surface area contributed by atoms with Crippen molar-refractivity contribution >= 4 is 65.1 Å². The molecule has 2 rings (SSSR count). The second kappa shape index (κ2) is 7.10. The van der Waals surface area contributed by atoms with Crippen LogP contribution in [0.4, 0.5) is 11.4 Å². The van der Waals surface area contributed by atoms with Crippen molar-refractivity contribution in [1.29, 1.82) is 0 Å². The summed E-state index contributed by atoms with van der Waals surface area (Å²) in [5, 5.41) is 17.8. The Kier molecular flexibility index (Phi) is 5.58. The van der Waals surface area contributed by atoms with Crippen molar-refractivity contribution in [3.63, 3.8) is 0 Å². The number of aryl methyl sites for hydroxylation is 1. The minimum atomic E-state index is -0.505. The van der Waals surface area contributed by atoms with E-state index in [2.05, 4.69) is 58.2 Å². The Morgan fingerprint density at radius 2 is 1.87 bits per heavy atom. The van der Waals surface area contributed by atoms with Crippen LogP contribution >= 0.6 is 47.8 Å². The van der Waals surface area contributed by atoms with E-state index in [1.807, 2.05) is 13.8 Å². The van der Waals surface area contributed by atoms with Crippen LogP contribution in [0.5, 0.6) is 0 Å². The summed E-state index contributed by atoms with van der Waals surface area (Å²) in [5.41, 5.74) is 2.00. The Morgan fingerprint density at radius 1 is 1.30 bits per heavy atom. The molecule has 7 nitrogen and oxygen atoms in total. The molecule has 122 valence electrons. The molecule has 1 aromatic heterocycles. The fourth-order valence-electron chi connectivity index (χ4n) is 1.93. The first-order valence-electron chi connectivity index (χ1n) is 6.33. The Balaban J connectivity index is 2.20. The van der Waals surface area contributed by atoms with Gasteiger partial charge in [-0.25, -0.2) is 0 Å². The normalized spacial score (nSPS) is 10.7. The van der Waals surface area contributed by atoms with Gasteiger partial charge in [-0.15, -0.1) is 0 Å². The van der Waals surface area contributed by atoms with E-state index in [0.717, 1.165) is 15.9 Å². The third kappa shape index (κ3) is 3.99. The molecule has 0 atom stereocenters. The highest BCUT2D eigenvalue weighted by molar-refractivity contribution is 9.11. The van der Waals surface area contributed by atoms with Crippen LogP contribution in [0.25, 0.3) is 0 Å². The van der Waals surface area contributed by atoms with Crippen molar-refractivity contribution in [2.24, 2.45) is 0 Å². The number of nitrogens with one attached hydrogen (secondary N) is 1. The molecule has 23 heavy (non-hydrogen) atoms. The molecule has 0 aliphatic rings. The van der Waals surface area contributed by atoms with E-state index in [1.54, 1.807) is 4.68 Å². The summed E-state index contributed by atoms with van der Waals surface area (Å²) < 4.78 is 3.29. The Labute approximate surface area is 157 Å². The molecule has 0 radical (unpaired) electrons. The van der Waals surface area contributed by atoms with Crippen molar-refractivity contribution in [2.75, 3.05) is 5.32 Å². The number of amides is 1. The van der Waals surface area contributed by atoms with E-state index in [9.17, 15) is 14.9 Å². The lowest BCUT2D eigenvalue weighted by molar-refractivity contribution is -0.385. The molecule has 0 fully saturated rings. The van der Waals surface area contributed by atoms with Gasteiger partial charge >= 0.3 is 0 Å². The predicted molar refractivity (Wildman–Crippen MR) is 96.5 cm³/mol. The molecule has 0 aliphatic heterocycles. The van der Waals surface area contributed by atoms with Crippen LogP contribution in [-0.2, 0) is 11.3 Å². The number of hydrogen-bond acceptors (Lipinski definition) is 4. The third-order valence-corrected chi connectivity index (χ3v) is 5.49. The lowest BCUT2D eigenvalue weighted by Gasteiger charge is -2.10. The average Bonchev–Trinajstić information content (AvgIpc) is 2.70. The van der Waals surface area contributed by atoms with Gasteiger partial charge in [-0.2, -0.15) is 5.10 Å². The van der Waals surface area contributed by atoms with Gasteiger partial charge < -0.3 is 5.32 Å². The number of nitro groups is 1. The summed E-state index contributed by atoms with van der Waals surface area (Å²) in [6.07, 6.45) is 0. The van der Waals surface area contributed by atoms with Crippen LogP contribution in [0.2, 0.25) is 0 Å². The molecular formula is C13H11Br3N4O3. The topological polar surface area (TPSA) is 90.1 Å². The Morgan fingerprint density at radius 3 is 2.30 bits per heavy atom. The Bertz CT molecular complexity index is 781. The van der Waals surface area contributed by atoms with Gasteiger partial charge in [0.1, 0.15) is 6.54 Å². The minimum absolute atomic E-state index is 0.0359. The number of halogens is 3. The second-order valence-electron chi connectivity index (χ2n) is 4.73. The smallest absolute Gasteiger partial charge is 0.271 e. The molecule has 1 N–H and O–H groups in total. The highest BCUT2D eigenvalue weighted by Gasteiger charge is 2.17. The van der Waals surface area contributed by atoms with E-state index in [4.69, 9.17) is 0 Å². The molecule has 0 spiro atoms. The zero-order valence-electron chi connectivity index (χ0n) is 12.1. The monoisotopic (exact) mass is 508 g/mol. The van der Waals surface area contributed by atoms with Gasteiger partial charge in [0.2, 0.25) is 5.91 Å². The van der Waals surface area contributed by atoms with Crippen LogP contribution in [0.1, 0.15) is 11.4 Å². The third-order valence-electron chi connectivity index (χ3n) is 3.09. The van der Waals surface area contributed by atoms with Crippen LogP contribution in [0.3, 0.4) is 0 Å². The van der Waals surface area contributed by atoms with Gasteiger partial charge in [-0.1, -0.05) is 0 Å². The van der Waals surface area contributed by atoms with Crippen molar-refractivity contribution in [1.82, 2.24) is 9.78 Å². The molecular weight excluding hydrogens is 500 g/mol. The van der Waals surface area contributed by atoms with Gasteiger partial charge in [0.25, 0.3) is 5.69 Å². The standard InChI is InChI=1S/C13H11Br3N4O3/c1-6-12(16)7(2)19(18-6)5-11(21)17-13-9(14)3-8(20(22)23)4-10(13)15/h3-4H,5H2,1-2H3,(H,17,21). The number of aromatic nitrogens is 2. The largest absolute Gasteiger partial charge is 0.323 e. The molecule has 1 amide bonds. The van der Waals surface area contributed by atoms with Crippen LogP contribution in [-0.4, -0.2) is 20.6 Å². The molecule has 10 heteroatoms. The molecule has 0 saturated carbocycles. The van der Waals surface area contributed by atoms with E-state index >= 15 is 0 Å². The number of nitrogens with zero attached hydrogens (tertiary/aromatic N) is 3. The summed E-state index contributed by atoms with van der Waals surface area (Å²) >= 11 is 9.87. The highest BCUT2D eigenvalue weighted by Crippen LogP contribution is 2.35. The Hall–Kier alpha value is -1.26. The summed E-state index contributed by atoms with van der Waals surface area (Å²) in [7, 11) is 0. The maximum atomic E-state index is 12.2. The van der Waals surface area contributed by atoms with Gasteiger partial charge in [0.15, 0.2) is 0 Å². The van der Waals surface area contributed by atoms with Crippen LogP contribution < -0.4 is 5.32 Å². The summed E-state index contributed by atoms with van der Waals surface area (Å²) in [6.45, 7) is 3.73. The minimum Gasteiger partial charge on any atom is -0.323 e. The molecule has 0 unspecified atom stereocenters. The number of nitro benzene ring substituents is 1. The van der Waals surface area contributed by atoms with Crippen molar-refractivity contribution < 1.29 is 9.72 Å². The summed E-state index contributed by atoms with van der Waals surface area (Å²) in [4.78, 5) is 22.5. The maximum absolute atomic E-state index is 12.2. The summed E-state index contributed by atoms with van der Waals surface area (Å²) in [5.74, 6) is -0.293. The fourth-order valence-corrected chi connectivity index (χ4v) is 3.57. The lowest BCUT2D eigenvalue weighted by Crippen LogP contribution is -2.20. The van der Waals surface area contributed by atoms with Crippen LogP contribution in [0, 0.1) is 24.0 Å². The molecule has 1 aromatic carbocycles. The quantitative estimate of drug-likeness (QED) is 0.489. The maximum Gasteiger partial charge on any atom is 0.271 e. The van der Waals surface area contributed by atoms with E-state index < -0.39 is 4.92 Å². The fraction of sp³-hybridized carbons (Fsp3) is 0.231. The SMILES string of the molecule is Cc1nn(CC(=O)Nc2c(Br)cc([N+](=O)[O-])cc2Br)c(C)c1Br. The van der Waals surface area contributed by atoms with Gasteiger partial charge in [-0.05, 0) is 61.6 Å². The second-order valence-corrected chi connectivity index (χ2v) is 7.23. The van der Waals surface area contributed by atoms with Gasteiger partial charge in [-0.3, -0.25) is 19.6 Å². The van der Waals surface area contributed by atoms with Gasteiger partial charge in [0, 0.05) is 21.1 Å². The van der Waals surface area contributed by atoms with Crippen LogP contribution in [0.15, 0.2) is 25.6 Å². The number of non-ortho nitro benzene ring substituents is 1. The molecule has 1 heterocycles. The zero-order chi connectivity index (χ0) is 17.3. The first kappa shape index (κ1) is 18.1. The molecule has 0 aliphatic carbocycles. The predicted octanol–water partition coefficient (Wildman–Crippen LogP) is 4.33. The van der Waals surface area contributed by atoms with Crippen molar-refractivity contribution in [3.05, 3.63) is 47.1 Å². The number of benzene rings is 1. The molecule has 0 bridgehead atoms. The number of anilines is 1. The molecule has 0 saturated heterocycles. The first-order valence-corrected chi connectivity index (χ1v) is 8.71. The van der Waals surface area contributed by atoms with Gasteiger partial charge in [0.05, 0.1) is 26.5 Å². The number of rotatable bonds is 4. The average molecular weight is 511 g/mol. The van der Waals surface area contributed by atoms with E-state index in [0.29, 0.717) is 14.6 Å². The van der Waals surface area contributed by atoms with Crippen molar-refractivity contribution in [2.45, 2.75) is 20.4 Å².